The van der Waals surface area contributed by atoms with Crippen LogP contribution in [0.5, 0.6) is 0 Å². The molecule has 1 aromatic rings. The molecule has 0 amide bonds. The molecule has 2 N–H and O–H groups in total. The smallest absolute Gasteiger partial charge is 0.323 e. The summed E-state index contributed by atoms with van der Waals surface area (Å²) in [5.41, 5.74) is 5.40. The number of nitrogen functional groups attached to an aromatic ring is 1. The van der Waals surface area contributed by atoms with Crippen molar-refractivity contribution >= 4 is 17.3 Å². The van der Waals surface area contributed by atoms with Crippen molar-refractivity contribution in [3.63, 3.8) is 0 Å². The van der Waals surface area contributed by atoms with Crippen LogP contribution >= 0.6 is 0 Å². The fourth-order valence-electron chi connectivity index (χ4n) is 1.30. The van der Waals surface area contributed by atoms with Crippen molar-refractivity contribution in [3.8, 4) is 0 Å². The summed E-state index contributed by atoms with van der Waals surface area (Å²) in [5.74, 6) is 0.189. The fraction of sp³-hybridized carbons (Fsp3) is 0.250. The summed E-state index contributed by atoms with van der Waals surface area (Å²) in [7, 11) is 0. The van der Waals surface area contributed by atoms with Crippen molar-refractivity contribution in [1.29, 1.82) is 0 Å². The Hall–Kier alpha value is -2.18. The summed E-state index contributed by atoms with van der Waals surface area (Å²) in [4.78, 5) is 18.0. The number of aliphatic imine (C=N–C) groups is 1. The highest BCUT2D eigenvalue weighted by Gasteiger charge is 2.26. The van der Waals surface area contributed by atoms with E-state index in [1.54, 1.807) is 0 Å². The zero-order valence-corrected chi connectivity index (χ0v) is 7.71. The van der Waals surface area contributed by atoms with E-state index in [9.17, 15) is 10.1 Å². The molecule has 0 aromatic carbocycles. The maximum Gasteiger partial charge on any atom is 0.323 e. The first-order valence-corrected chi connectivity index (χ1v) is 4.26. The van der Waals surface area contributed by atoms with Crippen molar-refractivity contribution in [2.45, 2.75) is 0 Å². The molecule has 1 aromatic heterocycles. The van der Waals surface area contributed by atoms with Gasteiger partial charge in [-0.2, -0.15) is 0 Å². The number of anilines is 1. The monoisotopic (exact) mass is 208 g/mol. The molecule has 15 heavy (non-hydrogen) atoms. The third-order valence-corrected chi connectivity index (χ3v) is 1.93. The SMILES string of the molecule is Nc1ccnc(C2=NCCO2)c1[N+](=O)[O-]. The lowest BCUT2D eigenvalue weighted by atomic mass is 10.2. The van der Waals surface area contributed by atoms with Gasteiger partial charge in [0.2, 0.25) is 11.6 Å². The summed E-state index contributed by atoms with van der Waals surface area (Å²) >= 11 is 0. The standard InChI is InChI=1S/C8H8N4O3/c9-5-1-2-10-6(7(5)12(13)14)8-11-3-4-15-8/h1-2H,3-4H2,(H2,9,10). The summed E-state index contributed by atoms with van der Waals surface area (Å²) < 4.78 is 5.11. The average molecular weight is 208 g/mol. The van der Waals surface area contributed by atoms with E-state index in [0.29, 0.717) is 13.2 Å². The van der Waals surface area contributed by atoms with E-state index in [4.69, 9.17) is 10.5 Å². The van der Waals surface area contributed by atoms with E-state index in [1.807, 2.05) is 0 Å². The summed E-state index contributed by atoms with van der Waals surface area (Å²) in [5, 5.41) is 10.8. The van der Waals surface area contributed by atoms with Crippen LogP contribution in [0.4, 0.5) is 11.4 Å². The first kappa shape index (κ1) is 9.38. The molecule has 0 unspecified atom stereocenters. The molecule has 0 saturated carbocycles. The quantitative estimate of drug-likeness (QED) is 0.557. The second kappa shape index (κ2) is 3.52. The third-order valence-electron chi connectivity index (χ3n) is 1.93. The van der Waals surface area contributed by atoms with Gasteiger partial charge in [-0.3, -0.25) is 10.1 Å². The molecule has 1 aliphatic heterocycles. The first-order chi connectivity index (χ1) is 7.20. The second-order valence-corrected chi connectivity index (χ2v) is 2.89. The molecule has 78 valence electrons. The van der Waals surface area contributed by atoms with Gasteiger partial charge in [0.1, 0.15) is 12.3 Å². The third kappa shape index (κ3) is 1.58. The number of hydrogen-bond acceptors (Lipinski definition) is 6. The highest BCUT2D eigenvalue weighted by atomic mass is 16.6. The molecule has 2 heterocycles. The average Bonchev–Trinajstić information content (AvgIpc) is 2.69. The van der Waals surface area contributed by atoms with Crippen molar-refractivity contribution in [2.75, 3.05) is 18.9 Å². The van der Waals surface area contributed by atoms with E-state index in [0.717, 1.165) is 0 Å². The molecule has 0 radical (unpaired) electrons. The van der Waals surface area contributed by atoms with Gasteiger partial charge in [-0.15, -0.1) is 0 Å². The molecular weight excluding hydrogens is 200 g/mol. The lowest BCUT2D eigenvalue weighted by Crippen LogP contribution is -2.09. The molecule has 0 bridgehead atoms. The molecule has 0 saturated heterocycles. The van der Waals surface area contributed by atoms with Gasteiger partial charge < -0.3 is 10.5 Å². The van der Waals surface area contributed by atoms with E-state index >= 15 is 0 Å². The Labute approximate surface area is 84.7 Å². The van der Waals surface area contributed by atoms with Gasteiger partial charge in [-0.05, 0) is 6.07 Å². The second-order valence-electron chi connectivity index (χ2n) is 2.89. The Morgan fingerprint density at radius 1 is 1.60 bits per heavy atom. The number of rotatable bonds is 2. The molecule has 0 aliphatic carbocycles. The van der Waals surface area contributed by atoms with E-state index < -0.39 is 4.92 Å². The Bertz CT molecular complexity index is 444. The predicted octanol–water partition coefficient (Wildman–Crippen LogP) is 0.349. The van der Waals surface area contributed by atoms with Crippen molar-refractivity contribution in [3.05, 3.63) is 28.1 Å². The van der Waals surface area contributed by atoms with Gasteiger partial charge >= 0.3 is 5.69 Å². The van der Waals surface area contributed by atoms with Crippen LogP contribution in [0.1, 0.15) is 5.69 Å². The number of nitrogens with zero attached hydrogens (tertiary/aromatic N) is 3. The fourth-order valence-corrected chi connectivity index (χ4v) is 1.30. The number of nitrogens with two attached hydrogens (primary N) is 1. The number of aromatic nitrogens is 1. The lowest BCUT2D eigenvalue weighted by Gasteiger charge is -2.03. The lowest BCUT2D eigenvalue weighted by molar-refractivity contribution is -0.384. The van der Waals surface area contributed by atoms with Crippen LogP contribution in [0.3, 0.4) is 0 Å². The van der Waals surface area contributed by atoms with Crippen molar-refractivity contribution in [2.24, 2.45) is 4.99 Å². The van der Waals surface area contributed by atoms with Crippen LogP contribution in [0.2, 0.25) is 0 Å². The maximum absolute atomic E-state index is 10.8. The minimum Gasteiger partial charge on any atom is -0.474 e. The minimum atomic E-state index is -0.581. The van der Waals surface area contributed by atoms with Gasteiger partial charge in [0.05, 0.1) is 11.5 Å². The first-order valence-electron chi connectivity index (χ1n) is 4.26. The molecular formula is C8H8N4O3. The molecule has 7 heteroatoms. The number of ether oxygens (including phenoxy) is 1. The topological polar surface area (TPSA) is 104 Å². The molecule has 0 fully saturated rings. The molecule has 0 spiro atoms. The van der Waals surface area contributed by atoms with E-state index in [-0.39, 0.29) is 23.0 Å². The van der Waals surface area contributed by atoms with E-state index in [2.05, 4.69) is 9.98 Å². The normalized spacial score (nSPS) is 14.5. The van der Waals surface area contributed by atoms with Gasteiger partial charge in [0, 0.05) is 6.20 Å². The van der Waals surface area contributed by atoms with Crippen LogP contribution < -0.4 is 5.73 Å². The van der Waals surface area contributed by atoms with Crippen LogP contribution in [-0.4, -0.2) is 29.0 Å². The van der Waals surface area contributed by atoms with Gasteiger partial charge in [0.25, 0.3) is 0 Å². The van der Waals surface area contributed by atoms with Crippen LogP contribution in [-0.2, 0) is 4.74 Å². The van der Waals surface area contributed by atoms with E-state index in [1.165, 1.54) is 12.3 Å². The van der Waals surface area contributed by atoms with Crippen molar-refractivity contribution in [1.82, 2.24) is 4.98 Å². The Morgan fingerprint density at radius 3 is 3.00 bits per heavy atom. The van der Waals surface area contributed by atoms with Crippen LogP contribution in [0.25, 0.3) is 0 Å². The molecule has 2 rings (SSSR count). The van der Waals surface area contributed by atoms with Gasteiger partial charge in [-0.1, -0.05) is 0 Å². The largest absolute Gasteiger partial charge is 0.474 e. The maximum atomic E-state index is 10.8. The molecule has 1 aliphatic rings. The Balaban J connectivity index is 2.55. The number of nitro groups is 1. The summed E-state index contributed by atoms with van der Waals surface area (Å²) in [6.45, 7) is 0.909. The molecule has 0 atom stereocenters. The predicted molar refractivity (Wildman–Crippen MR) is 52.7 cm³/mol. The Morgan fingerprint density at radius 2 is 2.40 bits per heavy atom. The highest BCUT2D eigenvalue weighted by Crippen LogP contribution is 2.25. The molecule has 7 nitrogen and oxygen atoms in total. The summed E-state index contributed by atoms with van der Waals surface area (Å²) in [6.07, 6.45) is 1.39. The number of hydrogen-bond donors (Lipinski definition) is 1. The minimum absolute atomic E-state index is 0.0585. The zero-order chi connectivity index (χ0) is 10.8. The summed E-state index contributed by atoms with van der Waals surface area (Å²) in [6, 6.07) is 1.37. The number of pyridine rings is 1. The van der Waals surface area contributed by atoms with Crippen LogP contribution in [0.15, 0.2) is 17.3 Å². The van der Waals surface area contributed by atoms with Crippen LogP contribution in [0, 0.1) is 10.1 Å². The van der Waals surface area contributed by atoms with Crippen molar-refractivity contribution < 1.29 is 9.66 Å². The van der Waals surface area contributed by atoms with Gasteiger partial charge in [-0.25, -0.2) is 9.98 Å². The zero-order valence-electron chi connectivity index (χ0n) is 7.71. The highest BCUT2D eigenvalue weighted by molar-refractivity contribution is 5.98. The van der Waals surface area contributed by atoms with Gasteiger partial charge in [0.15, 0.2) is 0 Å². The Kier molecular flexibility index (Phi) is 2.20.